The molecule has 0 atom stereocenters. The zero-order chi connectivity index (χ0) is 13.8. The number of carbonyl (C=O) groups excluding carboxylic acids is 2. The van der Waals surface area contributed by atoms with Gasteiger partial charge in [-0.3, -0.25) is 9.59 Å². The molecule has 0 bridgehead atoms. The van der Waals surface area contributed by atoms with Crippen molar-refractivity contribution in [1.29, 1.82) is 0 Å². The molecule has 1 fully saturated rings. The maximum absolute atomic E-state index is 11.9. The van der Waals surface area contributed by atoms with Gasteiger partial charge in [0.25, 0.3) is 0 Å². The van der Waals surface area contributed by atoms with E-state index in [0.29, 0.717) is 42.7 Å². The summed E-state index contributed by atoms with van der Waals surface area (Å²) in [5, 5.41) is 2.83. The number of benzene rings is 1. The van der Waals surface area contributed by atoms with Crippen LogP contribution < -0.4 is 11.1 Å². The van der Waals surface area contributed by atoms with Crippen LogP contribution in [0.5, 0.6) is 0 Å². The summed E-state index contributed by atoms with van der Waals surface area (Å²) in [6.07, 6.45) is 0. The highest BCUT2D eigenvalue weighted by atomic mass is 35.5. The van der Waals surface area contributed by atoms with Gasteiger partial charge in [0.1, 0.15) is 0 Å². The van der Waals surface area contributed by atoms with E-state index in [-0.39, 0.29) is 0 Å². The van der Waals surface area contributed by atoms with Gasteiger partial charge in [-0.25, -0.2) is 0 Å². The van der Waals surface area contributed by atoms with Gasteiger partial charge in [0, 0.05) is 18.8 Å². The van der Waals surface area contributed by atoms with Gasteiger partial charge in [0.2, 0.25) is 0 Å². The molecule has 1 aliphatic rings. The topological polar surface area (TPSA) is 84.7 Å². The second-order valence-electron chi connectivity index (χ2n) is 4.09. The van der Waals surface area contributed by atoms with Gasteiger partial charge in [0.15, 0.2) is 0 Å². The third kappa shape index (κ3) is 3.36. The van der Waals surface area contributed by atoms with Crippen LogP contribution in [0, 0.1) is 0 Å². The molecule has 0 aromatic heterocycles. The van der Waals surface area contributed by atoms with Crippen molar-refractivity contribution >= 4 is 34.8 Å². The molecule has 6 nitrogen and oxygen atoms in total. The van der Waals surface area contributed by atoms with E-state index in [1.807, 2.05) is 0 Å². The predicted octanol–water partition coefficient (Wildman–Crippen LogP) is 0.720. The van der Waals surface area contributed by atoms with Gasteiger partial charge in [-0.15, -0.1) is 0 Å². The number of ether oxygens (including phenoxy) is 1. The molecule has 7 heteroatoms. The van der Waals surface area contributed by atoms with Gasteiger partial charge in [-0.2, -0.15) is 0 Å². The van der Waals surface area contributed by atoms with Crippen molar-refractivity contribution in [3.05, 3.63) is 23.2 Å². The molecule has 1 aromatic carbocycles. The van der Waals surface area contributed by atoms with E-state index in [1.54, 1.807) is 12.1 Å². The normalized spacial score (nSPS) is 15.1. The third-order valence-corrected chi connectivity index (χ3v) is 3.08. The summed E-state index contributed by atoms with van der Waals surface area (Å²) in [5.74, 6) is -1.26. The molecule has 102 valence electrons. The monoisotopic (exact) mass is 283 g/mol. The van der Waals surface area contributed by atoms with Crippen molar-refractivity contribution in [3.63, 3.8) is 0 Å². The molecular formula is C12H14ClN3O3. The fourth-order valence-corrected chi connectivity index (χ4v) is 1.88. The number of carbonyl (C=O) groups is 2. The molecule has 2 amide bonds. The second-order valence-corrected chi connectivity index (χ2v) is 4.50. The number of morpholine rings is 1. The highest BCUT2D eigenvalue weighted by molar-refractivity contribution is 6.40. The van der Waals surface area contributed by atoms with Gasteiger partial charge in [-0.1, -0.05) is 11.6 Å². The molecule has 1 saturated heterocycles. The SMILES string of the molecule is Nc1ccc(NC(=O)C(=O)N2CCOCC2)cc1Cl. The third-order valence-electron chi connectivity index (χ3n) is 2.75. The first-order chi connectivity index (χ1) is 9.08. The molecule has 1 heterocycles. The highest BCUT2D eigenvalue weighted by Gasteiger charge is 2.23. The smallest absolute Gasteiger partial charge is 0.313 e. The van der Waals surface area contributed by atoms with Crippen LogP contribution in [0.3, 0.4) is 0 Å². The molecule has 1 aromatic rings. The number of hydrogen-bond donors (Lipinski definition) is 2. The predicted molar refractivity (Wildman–Crippen MR) is 71.9 cm³/mol. The lowest BCUT2D eigenvalue weighted by molar-refractivity contribution is -0.145. The van der Waals surface area contributed by atoms with E-state index in [9.17, 15) is 9.59 Å². The van der Waals surface area contributed by atoms with Crippen LogP contribution in [0.15, 0.2) is 18.2 Å². The number of nitrogens with two attached hydrogens (primary N) is 1. The van der Waals surface area contributed by atoms with Crippen LogP contribution >= 0.6 is 11.6 Å². The average molecular weight is 284 g/mol. The first-order valence-electron chi connectivity index (χ1n) is 5.81. The Morgan fingerprint density at radius 3 is 2.63 bits per heavy atom. The lowest BCUT2D eigenvalue weighted by Crippen LogP contribution is -2.45. The largest absolute Gasteiger partial charge is 0.398 e. The number of anilines is 2. The van der Waals surface area contributed by atoms with E-state index in [4.69, 9.17) is 22.1 Å². The Bertz CT molecular complexity index is 501. The summed E-state index contributed by atoms with van der Waals surface area (Å²) < 4.78 is 5.12. The van der Waals surface area contributed by atoms with E-state index >= 15 is 0 Å². The molecule has 0 unspecified atom stereocenters. The minimum absolute atomic E-state index is 0.330. The lowest BCUT2D eigenvalue weighted by Gasteiger charge is -2.26. The van der Waals surface area contributed by atoms with E-state index in [0.717, 1.165) is 0 Å². The van der Waals surface area contributed by atoms with Gasteiger partial charge in [-0.05, 0) is 18.2 Å². The molecule has 2 rings (SSSR count). The maximum atomic E-state index is 11.9. The van der Waals surface area contributed by atoms with Crippen LogP contribution in [0.2, 0.25) is 5.02 Å². The maximum Gasteiger partial charge on any atom is 0.313 e. The van der Waals surface area contributed by atoms with Crippen molar-refractivity contribution in [2.75, 3.05) is 37.4 Å². The lowest BCUT2D eigenvalue weighted by atomic mass is 10.3. The van der Waals surface area contributed by atoms with Crippen LogP contribution in [0.1, 0.15) is 0 Å². The summed E-state index contributed by atoms with van der Waals surface area (Å²) in [7, 11) is 0. The molecule has 0 aliphatic carbocycles. The van der Waals surface area contributed by atoms with E-state index < -0.39 is 11.8 Å². The first-order valence-corrected chi connectivity index (χ1v) is 6.19. The molecule has 19 heavy (non-hydrogen) atoms. The second kappa shape index (κ2) is 5.90. The number of halogens is 1. The van der Waals surface area contributed by atoms with Crippen molar-refractivity contribution < 1.29 is 14.3 Å². The fraction of sp³-hybridized carbons (Fsp3) is 0.333. The number of nitrogens with zero attached hydrogens (tertiary/aromatic N) is 1. The van der Waals surface area contributed by atoms with Crippen LogP contribution in [0.4, 0.5) is 11.4 Å². The number of hydrogen-bond acceptors (Lipinski definition) is 4. The van der Waals surface area contributed by atoms with Crippen molar-refractivity contribution in [1.82, 2.24) is 4.90 Å². The minimum Gasteiger partial charge on any atom is -0.398 e. The number of nitrogens with one attached hydrogen (secondary N) is 1. The number of rotatable bonds is 1. The average Bonchev–Trinajstić information content (AvgIpc) is 2.43. The Balaban J connectivity index is 1.99. The van der Waals surface area contributed by atoms with Crippen LogP contribution in [-0.2, 0) is 14.3 Å². The summed E-state index contributed by atoms with van der Waals surface area (Å²) in [6.45, 7) is 1.75. The molecule has 0 spiro atoms. The molecule has 1 aliphatic heterocycles. The Labute approximate surface area is 115 Å². The Morgan fingerprint density at radius 1 is 1.32 bits per heavy atom. The van der Waals surface area contributed by atoms with Crippen LogP contribution in [0.25, 0.3) is 0 Å². The van der Waals surface area contributed by atoms with Gasteiger partial charge >= 0.3 is 11.8 Å². The number of amides is 2. The molecule has 0 radical (unpaired) electrons. The number of nitrogen functional groups attached to an aromatic ring is 1. The Kier molecular flexibility index (Phi) is 4.24. The minimum atomic E-state index is -0.692. The quantitative estimate of drug-likeness (QED) is 0.587. The van der Waals surface area contributed by atoms with E-state index in [1.165, 1.54) is 11.0 Å². The van der Waals surface area contributed by atoms with Gasteiger partial charge < -0.3 is 20.7 Å². The zero-order valence-electron chi connectivity index (χ0n) is 10.2. The van der Waals surface area contributed by atoms with Gasteiger partial charge in [0.05, 0.1) is 23.9 Å². The standard InChI is InChI=1S/C12H14ClN3O3/c13-9-7-8(1-2-10(9)14)15-11(17)12(18)16-3-5-19-6-4-16/h1-2,7H,3-6,14H2,(H,15,17). The summed E-state index contributed by atoms with van der Waals surface area (Å²) in [4.78, 5) is 25.1. The van der Waals surface area contributed by atoms with Crippen LogP contribution in [-0.4, -0.2) is 43.0 Å². The fourth-order valence-electron chi connectivity index (χ4n) is 1.70. The summed E-state index contributed by atoms with van der Waals surface area (Å²) >= 11 is 5.84. The molecule has 3 N–H and O–H groups in total. The first kappa shape index (κ1) is 13.6. The van der Waals surface area contributed by atoms with Crippen molar-refractivity contribution in [3.8, 4) is 0 Å². The zero-order valence-corrected chi connectivity index (χ0v) is 10.9. The Hall–Kier alpha value is -1.79. The van der Waals surface area contributed by atoms with Crippen molar-refractivity contribution in [2.24, 2.45) is 0 Å². The highest BCUT2D eigenvalue weighted by Crippen LogP contribution is 2.22. The molecular weight excluding hydrogens is 270 g/mol. The van der Waals surface area contributed by atoms with Crippen molar-refractivity contribution in [2.45, 2.75) is 0 Å². The van der Waals surface area contributed by atoms with E-state index in [2.05, 4.69) is 5.32 Å². The Morgan fingerprint density at radius 2 is 2.00 bits per heavy atom. The summed E-state index contributed by atoms with van der Waals surface area (Å²) in [6, 6.07) is 4.66. The summed E-state index contributed by atoms with van der Waals surface area (Å²) in [5.41, 5.74) is 6.41. The molecule has 0 saturated carbocycles.